The summed E-state index contributed by atoms with van der Waals surface area (Å²) in [6.07, 6.45) is 0. The molecule has 6 rings (SSSR count). The fourth-order valence-electron chi connectivity index (χ4n) is 6.49. The molecule has 0 spiro atoms. The maximum atomic E-state index is 12.7. The molecule has 0 aliphatic heterocycles. The van der Waals surface area contributed by atoms with Gasteiger partial charge in [-0.3, -0.25) is 0 Å². The highest BCUT2D eigenvalue weighted by Crippen LogP contribution is 2.30. The van der Waals surface area contributed by atoms with Gasteiger partial charge in [-0.15, -0.1) is 0 Å². The summed E-state index contributed by atoms with van der Waals surface area (Å²) in [5.41, 5.74) is 9.37. The number of rotatable bonds is 0. The lowest BCUT2D eigenvalue weighted by Crippen LogP contribution is -2.12. The van der Waals surface area contributed by atoms with Crippen LogP contribution in [0.5, 0.6) is 0 Å². The lowest BCUT2D eigenvalue weighted by atomic mass is 9.84. The molecule has 0 aromatic heterocycles. The molecular formula is C64H89ClF6. The van der Waals surface area contributed by atoms with Crippen molar-refractivity contribution in [1.82, 2.24) is 0 Å². The first-order valence-electron chi connectivity index (χ1n) is 23.5. The van der Waals surface area contributed by atoms with Crippen molar-refractivity contribution in [2.24, 2.45) is 0 Å². The molecule has 6 aromatic carbocycles. The lowest BCUT2D eigenvalue weighted by Gasteiger charge is -2.21. The predicted molar refractivity (Wildman–Crippen MR) is 299 cm³/mol. The Morgan fingerprint density at radius 2 is 0.662 bits per heavy atom. The van der Waals surface area contributed by atoms with E-state index < -0.39 is 11.6 Å². The van der Waals surface area contributed by atoms with Gasteiger partial charge in [-0.2, -0.15) is 0 Å². The topological polar surface area (TPSA) is 0 Å². The van der Waals surface area contributed by atoms with E-state index in [1.807, 2.05) is 72.7 Å². The fourth-order valence-corrected chi connectivity index (χ4v) is 6.94. The molecule has 0 unspecified atom stereocenters. The molecule has 0 N–H and O–H groups in total. The summed E-state index contributed by atoms with van der Waals surface area (Å²) in [6, 6.07) is 35.7. The molecule has 7 heteroatoms. The molecule has 6 aromatic rings. The third-order valence-electron chi connectivity index (χ3n) is 10.8. The van der Waals surface area contributed by atoms with Crippen molar-refractivity contribution in [1.29, 1.82) is 0 Å². The van der Waals surface area contributed by atoms with Crippen molar-refractivity contribution in [3.05, 3.63) is 212 Å². The van der Waals surface area contributed by atoms with E-state index >= 15 is 0 Å². The Kier molecular flexibility index (Phi) is 27.3. The highest BCUT2D eigenvalue weighted by molar-refractivity contribution is 6.31. The highest BCUT2D eigenvalue weighted by atomic mass is 35.5. The van der Waals surface area contributed by atoms with Crippen LogP contribution in [-0.4, -0.2) is 0 Å². The largest absolute Gasteiger partial charge is 0.207 e. The van der Waals surface area contributed by atoms with Crippen LogP contribution in [0.25, 0.3) is 0 Å². The van der Waals surface area contributed by atoms with Gasteiger partial charge in [-0.05, 0) is 146 Å². The van der Waals surface area contributed by atoms with Gasteiger partial charge >= 0.3 is 0 Å². The van der Waals surface area contributed by atoms with Crippen LogP contribution < -0.4 is 0 Å². The number of halogens is 7. The third kappa shape index (κ3) is 25.9. The van der Waals surface area contributed by atoms with Crippen molar-refractivity contribution < 1.29 is 26.3 Å². The van der Waals surface area contributed by atoms with Crippen LogP contribution in [0.4, 0.5) is 26.3 Å². The van der Waals surface area contributed by atoms with Crippen LogP contribution in [0.2, 0.25) is 5.02 Å². The zero-order valence-corrected chi connectivity index (χ0v) is 46.0. The minimum absolute atomic E-state index is 0. The van der Waals surface area contributed by atoms with Crippen LogP contribution in [-0.2, 0) is 32.5 Å². The van der Waals surface area contributed by atoms with Gasteiger partial charge in [0.2, 0.25) is 0 Å². The van der Waals surface area contributed by atoms with E-state index in [2.05, 4.69) is 114 Å². The first-order valence-corrected chi connectivity index (χ1v) is 23.9. The second-order valence-corrected chi connectivity index (χ2v) is 24.0. The van der Waals surface area contributed by atoms with Crippen molar-refractivity contribution in [3.63, 3.8) is 0 Å². The van der Waals surface area contributed by atoms with Gasteiger partial charge in [0.25, 0.3) is 0 Å². The Morgan fingerprint density at radius 1 is 0.310 bits per heavy atom. The van der Waals surface area contributed by atoms with Crippen molar-refractivity contribution in [2.75, 3.05) is 0 Å². The van der Waals surface area contributed by atoms with Gasteiger partial charge in [-0.25, -0.2) is 26.3 Å². The monoisotopic (exact) mass is 1010 g/mol. The van der Waals surface area contributed by atoms with Gasteiger partial charge in [0.1, 0.15) is 23.3 Å². The molecule has 0 nitrogen and oxygen atoms in total. The fraction of sp³-hybridized carbons (Fsp3) is 0.438. The molecule has 0 fully saturated rings. The molecular weight excluding hydrogens is 918 g/mol. The summed E-state index contributed by atoms with van der Waals surface area (Å²) < 4.78 is 75.8. The molecule has 0 aliphatic rings. The summed E-state index contributed by atoms with van der Waals surface area (Å²) >= 11 is 5.87. The number of hydrogen-bond acceptors (Lipinski definition) is 0. The van der Waals surface area contributed by atoms with E-state index in [1.165, 1.54) is 64.7 Å². The van der Waals surface area contributed by atoms with Gasteiger partial charge in [0.05, 0.1) is 0 Å². The Balaban J connectivity index is 0. The average Bonchev–Trinajstić information content (AvgIpc) is 3.18. The molecule has 394 valence electrons. The zero-order valence-electron chi connectivity index (χ0n) is 45.3. The first-order chi connectivity index (χ1) is 31.2. The standard InChI is InChI=1S/C11H15F.C11H16.C10H12ClF.C10H12F2.2C10H13F.2CH4/c1-8-7-9(12)5-6-10(8)11(2,3)4;1-9-5-7-10(8-6-9)11(2,3)4;1-10(2,3)8-5-4-7(12)6-9(8)11;1-10(2,3)7-4-5-8(11)9(12)6-7;1-10(2,3)8-4-6-9(11)7-5-8;1-10(2,3)8-5-4-6-9(11)7-8;;/h5-7H,1-4H3;5-8H,1-4H3;2*4-6H,1-3H3;2*4-7H,1-3H3;2*1H4. The number of benzene rings is 6. The molecule has 71 heavy (non-hydrogen) atoms. The second-order valence-electron chi connectivity index (χ2n) is 23.6. The average molecular weight is 1010 g/mol. The first kappa shape index (κ1) is 68.3. The molecule has 0 saturated heterocycles. The Bertz CT molecular complexity index is 2340. The van der Waals surface area contributed by atoms with Gasteiger partial charge in [-0.1, -0.05) is 223 Å². The molecule has 0 aliphatic carbocycles. The third-order valence-corrected chi connectivity index (χ3v) is 11.2. The normalized spacial score (nSPS) is 11.4. The Morgan fingerprint density at radius 3 is 1.01 bits per heavy atom. The summed E-state index contributed by atoms with van der Waals surface area (Å²) in [5, 5.41) is 0.502. The minimum atomic E-state index is -0.789. The van der Waals surface area contributed by atoms with E-state index in [-0.39, 0.29) is 70.6 Å². The zero-order chi connectivity index (χ0) is 53.5. The second kappa shape index (κ2) is 28.4. The summed E-state index contributed by atoms with van der Waals surface area (Å²) in [4.78, 5) is 0. The van der Waals surface area contributed by atoms with Gasteiger partial charge < -0.3 is 0 Å². The van der Waals surface area contributed by atoms with E-state index in [0.717, 1.165) is 28.3 Å². The lowest BCUT2D eigenvalue weighted by molar-refractivity contribution is 0.499. The van der Waals surface area contributed by atoms with Crippen molar-refractivity contribution >= 4 is 11.6 Å². The molecule has 0 bridgehead atoms. The molecule has 0 radical (unpaired) electrons. The van der Waals surface area contributed by atoms with Crippen LogP contribution in [0.15, 0.2) is 127 Å². The van der Waals surface area contributed by atoms with Crippen LogP contribution in [0.1, 0.15) is 184 Å². The minimum Gasteiger partial charge on any atom is -0.207 e. The highest BCUT2D eigenvalue weighted by Gasteiger charge is 2.19. The number of hydrogen-bond donors (Lipinski definition) is 0. The number of aryl methyl sites for hydroxylation is 2. The maximum Gasteiger partial charge on any atom is 0.159 e. The van der Waals surface area contributed by atoms with Crippen LogP contribution in [0, 0.1) is 48.8 Å². The smallest absolute Gasteiger partial charge is 0.159 e. The summed E-state index contributed by atoms with van der Waals surface area (Å²) in [6.45, 7) is 41.7. The predicted octanol–water partition coefficient (Wildman–Crippen LogP) is 21.3. The van der Waals surface area contributed by atoms with Crippen molar-refractivity contribution in [3.8, 4) is 0 Å². The van der Waals surface area contributed by atoms with Gasteiger partial charge in [0.15, 0.2) is 11.6 Å². The van der Waals surface area contributed by atoms with E-state index in [9.17, 15) is 26.3 Å². The Labute approximate surface area is 433 Å². The van der Waals surface area contributed by atoms with E-state index in [4.69, 9.17) is 11.6 Å². The summed E-state index contributed by atoms with van der Waals surface area (Å²) in [7, 11) is 0. The SMILES string of the molecule is C.C.CC(C)(C)c1ccc(F)c(F)c1.CC(C)(C)c1ccc(F)cc1.CC(C)(C)c1ccc(F)cc1Cl.CC(C)(C)c1cccc(F)c1.Cc1cc(F)ccc1C(C)(C)C.Cc1ccc(C(C)(C)C)cc1. The van der Waals surface area contributed by atoms with Gasteiger partial charge in [0, 0.05) is 5.02 Å². The molecule has 0 amide bonds. The maximum absolute atomic E-state index is 12.7. The van der Waals surface area contributed by atoms with E-state index in [1.54, 1.807) is 30.3 Å². The van der Waals surface area contributed by atoms with E-state index in [0.29, 0.717) is 5.02 Å². The molecule has 0 saturated carbocycles. The molecule has 0 atom stereocenters. The quantitative estimate of drug-likeness (QED) is 0.133. The Hall–Kier alpha value is -4.81. The molecule has 0 heterocycles. The van der Waals surface area contributed by atoms with Crippen molar-refractivity contribution in [2.45, 2.75) is 186 Å². The summed E-state index contributed by atoms with van der Waals surface area (Å²) in [5.74, 6) is -2.32. The van der Waals surface area contributed by atoms with Crippen LogP contribution in [0.3, 0.4) is 0 Å². The van der Waals surface area contributed by atoms with Crippen LogP contribution >= 0.6 is 11.6 Å².